The molecule has 0 amide bonds. The minimum Gasteiger partial charge on any atom is -0.323 e. The van der Waals surface area contributed by atoms with E-state index in [-0.39, 0.29) is 96.3 Å². The minimum atomic E-state index is -4.87. The molecule has 13 heterocycles. The van der Waals surface area contributed by atoms with Crippen molar-refractivity contribution in [3.05, 3.63) is 289 Å². The van der Waals surface area contributed by atoms with Crippen LogP contribution < -0.4 is 43.5 Å². The summed E-state index contributed by atoms with van der Waals surface area (Å²) in [5.74, 6) is 0.273. The first kappa shape index (κ1) is 92.8. The highest BCUT2D eigenvalue weighted by Gasteiger charge is 2.43. The number of anilines is 8. The van der Waals surface area contributed by atoms with Crippen molar-refractivity contribution < 1.29 is 57.1 Å². The van der Waals surface area contributed by atoms with E-state index in [0.717, 1.165) is 97.1 Å². The second-order valence-electron chi connectivity index (χ2n) is 35.1. The Kier molecular flexibility index (Phi) is 23.7. The molecule has 47 heteroatoms. The summed E-state index contributed by atoms with van der Waals surface area (Å²) < 4.78 is 185. The number of para-hydroxylation sites is 2. The first-order chi connectivity index (χ1) is 69.9. The van der Waals surface area contributed by atoms with Crippen molar-refractivity contribution in [3.63, 3.8) is 0 Å². The molecular weight excluding hydrogens is 1930 g/mol. The van der Waals surface area contributed by atoms with Crippen LogP contribution in [0.25, 0.3) is 133 Å². The summed E-state index contributed by atoms with van der Waals surface area (Å²) in [4.78, 5) is 88.0. The molecule has 0 radical (unpaired) electrons. The lowest BCUT2D eigenvalue weighted by Gasteiger charge is -2.30. The Morgan fingerprint density at radius 1 is 0.317 bits per heavy atom. The summed E-state index contributed by atoms with van der Waals surface area (Å²) >= 11 is 6.63. The van der Waals surface area contributed by atoms with Gasteiger partial charge in [0, 0.05) is 110 Å². The zero-order valence-corrected chi connectivity index (χ0v) is 75.9. The third-order valence-corrected chi connectivity index (χ3v) is 26.4. The largest absolute Gasteiger partial charge is 0.417 e. The highest BCUT2D eigenvalue weighted by Crippen LogP contribution is 2.47. The van der Waals surface area contributed by atoms with Gasteiger partial charge in [-0.05, 0) is 180 Å². The number of benzene rings is 9. The summed E-state index contributed by atoms with van der Waals surface area (Å²) in [6, 6.07) is 39.7. The first-order valence-corrected chi connectivity index (χ1v) is 46.1. The van der Waals surface area contributed by atoms with Gasteiger partial charge in [0.1, 0.15) is 51.8 Å². The highest BCUT2D eigenvalue weighted by molar-refractivity contribution is 6.38. The standard InChI is InChI=1S/C29H22F4N8O.C23H19ClFN7O.C23H16F5N7O.C23H18F3N7O/c30-16-6-8-21-18(12-16)27(39-37-21)36-26-19-14-41(13-15-4-2-1-3-5-15)11-10-20(19)34-25(35-26)17-7-9-22-23(28(42)40-38-22)24(17)29(31,32)33;24-18-12(9-10-16-17(18)23(33)32-29-16)21-26-15-8-3-1-2-5-11(15)20(27-21)28-22-13-6-4-7-14(25)19(13)30-31-22;24-9-7-12-18(13(25)8-9)33-34-21(12)31-19-10-3-1-2-4-14(10)29-20(30-19)11-5-6-15-16(22(36)35-32-15)17(11)23(26,27)28;24-23(25,26)18-13(9-10-16-17(18)22(34)33-31-16)20-27-14-7-3-1-5-11(14)19(28-20)29-21-12-6-2-4-8-15(12)30-32-21/h1-9,12H,10-11,13-14H2,(H2,38,40,42)(H2,34,35,36,37,39);4,6-7,9-10H,1-3,5,8H2,(H2,29,32,33)(H2,26,27,28,30,31);5-8H,1-4H2,(H2,32,35,36)(H2,29,30,31,33,34);2,4,6,8-10H,1,3,5,7H2,(H2,31,33,34)(H2,27,28,29,30,32). The number of aryl methyl sites for hydroxylation is 3. The number of hydrogen-bond donors (Lipinski definition) is 16. The Morgan fingerprint density at radius 2 is 0.697 bits per heavy atom. The van der Waals surface area contributed by atoms with E-state index in [1.165, 1.54) is 54.6 Å². The van der Waals surface area contributed by atoms with Gasteiger partial charge in [-0.2, -0.15) is 59.9 Å². The van der Waals surface area contributed by atoms with Gasteiger partial charge in [-0.1, -0.05) is 66.6 Å². The van der Waals surface area contributed by atoms with Crippen molar-refractivity contribution in [2.24, 2.45) is 0 Å². The van der Waals surface area contributed by atoms with Gasteiger partial charge in [-0.15, -0.1) is 0 Å². The predicted molar refractivity (Wildman–Crippen MR) is 516 cm³/mol. The highest BCUT2D eigenvalue weighted by atomic mass is 35.5. The van der Waals surface area contributed by atoms with Gasteiger partial charge in [-0.3, -0.25) is 85.3 Å². The van der Waals surface area contributed by atoms with E-state index in [9.17, 15) is 76.3 Å². The molecule has 16 N–H and O–H groups in total. The molecule has 1 aliphatic heterocycles. The minimum absolute atomic E-state index is 0.000528. The fraction of sp³-hybridized carbons (Fsp3) is 0.204. The lowest BCUT2D eigenvalue weighted by atomic mass is 9.95. The van der Waals surface area contributed by atoms with Gasteiger partial charge in [0.25, 0.3) is 22.2 Å². The van der Waals surface area contributed by atoms with Crippen LogP contribution in [-0.4, -0.2) is 133 Å². The first-order valence-electron chi connectivity index (χ1n) is 45.7. The van der Waals surface area contributed by atoms with E-state index in [4.69, 9.17) is 21.6 Å². The number of nitrogens with zero attached hydrogens (tertiary/aromatic N) is 13. The lowest BCUT2D eigenvalue weighted by Crippen LogP contribution is -2.31. The van der Waals surface area contributed by atoms with Crippen LogP contribution in [0.4, 0.5) is 104 Å². The number of fused-ring (bicyclic) bond motifs is 12. The summed E-state index contributed by atoms with van der Waals surface area (Å²) in [5, 5.41) is 61.1. The topological polar surface area (TPSA) is 464 Å². The molecule has 21 aromatic rings. The Hall–Kier alpha value is -17.2. The van der Waals surface area contributed by atoms with Gasteiger partial charge in [0.15, 0.2) is 52.4 Å². The molecule has 0 saturated heterocycles. The third-order valence-electron chi connectivity index (χ3n) is 26.0. The number of aromatic nitrogens is 24. The van der Waals surface area contributed by atoms with E-state index < -0.39 is 85.5 Å². The van der Waals surface area contributed by atoms with Crippen LogP contribution >= 0.6 is 11.6 Å². The van der Waals surface area contributed by atoms with Crippen molar-refractivity contribution in [1.29, 1.82) is 0 Å². The van der Waals surface area contributed by atoms with Crippen molar-refractivity contribution in [1.82, 2.24) is 126 Å². The molecule has 0 atom stereocenters. The van der Waals surface area contributed by atoms with Crippen LogP contribution in [0.2, 0.25) is 5.02 Å². The molecular formula is C98H75ClF13N29O4. The monoisotopic (exact) mass is 2000 g/mol. The van der Waals surface area contributed by atoms with Crippen LogP contribution in [0, 0.1) is 23.3 Å². The quantitative estimate of drug-likeness (QED) is 0.0355. The fourth-order valence-electron chi connectivity index (χ4n) is 19.2. The number of rotatable bonds is 14. The zero-order valence-electron chi connectivity index (χ0n) is 75.2. The molecule has 0 saturated carbocycles. The zero-order chi connectivity index (χ0) is 100. The van der Waals surface area contributed by atoms with Gasteiger partial charge in [0.05, 0.1) is 87.4 Å². The number of hydrogen-bond acceptors (Lipinski definition) is 21. The molecule has 12 aromatic heterocycles. The van der Waals surface area contributed by atoms with Crippen LogP contribution in [0.3, 0.4) is 0 Å². The van der Waals surface area contributed by atoms with Gasteiger partial charge in [-0.25, -0.2) is 57.4 Å². The molecule has 0 fully saturated rings. The van der Waals surface area contributed by atoms with E-state index in [1.807, 2.05) is 54.6 Å². The summed E-state index contributed by atoms with van der Waals surface area (Å²) in [5.41, 5.74) is 2.96. The number of aromatic amines is 12. The number of alkyl halides is 9. The average molecular weight is 2010 g/mol. The molecule has 0 spiro atoms. The molecule has 0 bridgehead atoms. The molecule has 9 aromatic carbocycles. The summed E-state index contributed by atoms with van der Waals surface area (Å²) in [6.07, 6.45) is -3.40. The van der Waals surface area contributed by atoms with E-state index in [2.05, 4.69) is 138 Å². The fourth-order valence-corrected chi connectivity index (χ4v) is 19.6. The Morgan fingerprint density at radius 3 is 1.21 bits per heavy atom. The van der Waals surface area contributed by atoms with Gasteiger partial charge in [0.2, 0.25) is 0 Å². The molecule has 4 aliphatic rings. The maximum Gasteiger partial charge on any atom is 0.417 e. The van der Waals surface area contributed by atoms with Crippen LogP contribution in [0.5, 0.6) is 0 Å². The second-order valence-corrected chi connectivity index (χ2v) is 35.5. The molecule has 3 aliphatic carbocycles. The van der Waals surface area contributed by atoms with E-state index in [1.54, 1.807) is 30.3 Å². The smallest absolute Gasteiger partial charge is 0.323 e. The molecule has 734 valence electrons. The molecule has 145 heavy (non-hydrogen) atoms. The SMILES string of the molecule is O=c1[nH][nH]c2ccc(-c3nc4c(c(Nc5n[nH]c6c(F)cc(F)cc56)n3)CCCC4)c(C(F)(F)F)c12.O=c1[nH][nH]c2ccc(-c3nc4c(c(Nc5n[nH]c6c(F)cccc56)n3)CCCCC4)c(Cl)c12.O=c1[nH][nH]c2ccc(-c3nc4c(c(Nc5n[nH]c6ccc(F)cc56)n3)CN(Cc3ccccc3)CC4)c(C(F)(F)F)c12.O=c1[nH][nH]c2ccc(-c3nc4c(c(Nc5n[nH]c6ccccc56)n3)CCCC4)c(C(F)(F)F)c12. The molecule has 25 rings (SSSR count). The summed E-state index contributed by atoms with van der Waals surface area (Å²) in [6.45, 7) is 1.70. The maximum absolute atomic E-state index is 14.4. The molecule has 33 nitrogen and oxygen atoms in total. The Bertz CT molecular complexity index is 8970. The van der Waals surface area contributed by atoms with Crippen LogP contribution in [0.1, 0.15) is 112 Å². The van der Waals surface area contributed by atoms with Crippen LogP contribution in [0.15, 0.2) is 171 Å². The van der Waals surface area contributed by atoms with Gasteiger partial charge >= 0.3 is 18.5 Å². The van der Waals surface area contributed by atoms with E-state index in [0.29, 0.717) is 158 Å². The number of H-pyrrole nitrogens is 12. The Labute approximate surface area is 808 Å². The third kappa shape index (κ3) is 17.7. The van der Waals surface area contributed by atoms with Crippen molar-refractivity contribution in [3.8, 4) is 45.6 Å². The van der Waals surface area contributed by atoms with Crippen molar-refractivity contribution in [2.75, 3.05) is 27.8 Å². The second kappa shape index (κ2) is 37.0. The lowest BCUT2D eigenvalue weighted by molar-refractivity contribution is -0.136. The van der Waals surface area contributed by atoms with Crippen molar-refractivity contribution >= 4 is 145 Å². The Balaban J connectivity index is 0.000000111. The van der Waals surface area contributed by atoms with Gasteiger partial charge < -0.3 is 21.3 Å². The molecule has 0 unspecified atom stereocenters. The number of nitrogens with one attached hydrogen (secondary N) is 16. The van der Waals surface area contributed by atoms with Crippen LogP contribution in [-0.2, 0) is 76.6 Å². The maximum atomic E-state index is 14.4. The number of halogens is 14. The normalized spacial score (nSPS) is 13.9. The predicted octanol–water partition coefficient (Wildman–Crippen LogP) is 20.6. The summed E-state index contributed by atoms with van der Waals surface area (Å²) in [7, 11) is 0. The van der Waals surface area contributed by atoms with Crippen molar-refractivity contribution in [2.45, 2.75) is 122 Å². The van der Waals surface area contributed by atoms with E-state index >= 15 is 0 Å². The average Bonchev–Trinajstić information content (AvgIpc) is 1.71.